The summed E-state index contributed by atoms with van der Waals surface area (Å²) >= 11 is 0. The van der Waals surface area contributed by atoms with Crippen molar-refractivity contribution in [1.29, 1.82) is 0 Å². The lowest BCUT2D eigenvalue weighted by atomic mass is 9.97. The highest BCUT2D eigenvalue weighted by Gasteiger charge is 2.23. The Morgan fingerprint density at radius 1 is 1.28 bits per heavy atom. The van der Waals surface area contributed by atoms with Crippen LogP contribution in [0.25, 0.3) is 0 Å². The van der Waals surface area contributed by atoms with Gasteiger partial charge in [-0.15, -0.1) is 0 Å². The first kappa shape index (κ1) is 24.5. The van der Waals surface area contributed by atoms with Crippen LogP contribution in [0.15, 0.2) is 29.3 Å². The van der Waals surface area contributed by atoms with Crippen molar-refractivity contribution >= 4 is 11.9 Å². The molecule has 8 nitrogen and oxygen atoms in total. The van der Waals surface area contributed by atoms with Crippen LogP contribution < -0.4 is 16.4 Å². The van der Waals surface area contributed by atoms with Crippen molar-refractivity contribution in [3.05, 3.63) is 35.4 Å². The molecule has 2 unspecified atom stereocenters. The molecule has 2 saturated heterocycles. The molecule has 32 heavy (non-hydrogen) atoms. The number of benzene rings is 1. The van der Waals surface area contributed by atoms with Gasteiger partial charge in [-0.05, 0) is 49.8 Å². The van der Waals surface area contributed by atoms with Crippen LogP contribution in [0.2, 0.25) is 0 Å². The van der Waals surface area contributed by atoms with Crippen molar-refractivity contribution in [2.75, 3.05) is 46.5 Å². The van der Waals surface area contributed by atoms with E-state index in [9.17, 15) is 4.79 Å². The SMILES string of the molecule is CN=C(NCCCOCC1CCCO1)NCc1cccc(CN2CCCC(C(N)=O)C2)c1. The summed E-state index contributed by atoms with van der Waals surface area (Å²) in [7, 11) is 1.78. The first-order valence-electron chi connectivity index (χ1n) is 11.9. The van der Waals surface area contributed by atoms with E-state index < -0.39 is 0 Å². The molecule has 0 bridgehead atoms. The Morgan fingerprint density at radius 3 is 2.94 bits per heavy atom. The van der Waals surface area contributed by atoms with Crippen LogP contribution in [-0.2, 0) is 27.4 Å². The van der Waals surface area contributed by atoms with Crippen LogP contribution in [0.4, 0.5) is 0 Å². The Hall–Kier alpha value is -2.16. The number of likely N-dealkylation sites (tertiary alicyclic amines) is 1. The van der Waals surface area contributed by atoms with E-state index in [4.69, 9.17) is 15.2 Å². The standard InChI is InChI=1S/C24H39N5O3/c1-26-24(27-10-5-12-31-18-22-9-4-13-32-22)28-15-19-6-2-7-20(14-19)16-29-11-3-8-21(17-29)23(25)30/h2,6-7,14,21-22H,3-5,8-13,15-18H2,1H3,(H2,25,30)(H2,26,27,28). The monoisotopic (exact) mass is 445 g/mol. The van der Waals surface area contributed by atoms with Crippen LogP contribution in [0, 0.1) is 5.92 Å². The topological polar surface area (TPSA) is 101 Å². The number of aliphatic imine (C=N–C) groups is 1. The summed E-state index contributed by atoms with van der Waals surface area (Å²) in [6.45, 7) is 6.41. The van der Waals surface area contributed by atoms with Gasteiger partial charge in [0, 0.05) is 46.4 Å². The lowest BCUT2D eigenvalue weighted by Crippen LogP contribution is -2.40. The summed E-state index contributed by atoms with van der Waals surface area (Å²) in [5.41, 5.74) is 7.96. The molecule has 3 rings (SSSR count). The molecule has 1 aromatic carbocycles. The van der Waals surface area contributed by atoms with Crippen molar-refractivity contribution in [1.82, 2.24) is 15.5 Å². The second kappa shape index (κ2) is 13.4. The van der Waals surface area contributed by atoms with E-state index in [0.717, 1.165) is 77.5 Å². The third-order valence-corrected chi connectivity index (χ3v) is 6.07. The average Bonchev–Trinajstić information content (AvgIpc) is 3.32. The molecule has 0 saturated carbocycles. The molecule has 178 valence electrons. The molecule has 2 heterocycles. The van der Waals surface area contributed by atoms with Gasteiger partial charge in [-0.1, -0.05) is 24.3 Å². The van der Waals surface area contributed by atoms with Gasteiger partial charge in [-0.3, -0.25) is 14.7 Å². The Labute approximate surface area is 191 Å². The van der Waals surface area contributed by atoms with E-state index in [1.165, 1.54) is 11.1 Å². The average molecular weight is 446 g/mol. The third kappa shape index (κ3) is 8.41. The predicted octanol–water partition coefficient (Wildman–Crippen LogP) is 1.63. The van der Waals surface area contributed by atoms with E-state index in [2.05, 4.69) is 44.8 Å². The van der Waals surface area contributed by atoms with Crippen LogP contribution in [0.3, 0.4) is 0 Å². The van der Waals surface area contributed by atoms with E-state index in [1.807, 2.05) is 0 Å². The number of nitrogens with two attached hydrogens (primary N) is 1. The number of ether oxygens (including phenoxy) is 2. The first-order chi connectivity index (χ1) is 15.6. The van der Waals surface area contributed by atoms with Gasteiger partial charge in [-0.25, -0.2) is 0 Å². The maximum Gasteiger partial charge on any atom is 0.221 e. The minimum absolute atomic E-state index is 0.0237. The van der Waals surface area contributed by atoms with Gasteiger partial charge >= 0.3 is 0 Å². The largest absolute Gasteiger partial charge is 0.379 e. The van der Waals surface area contributed by atoms with E-state index in [1.54, 1.807) is 7.05 Å². The molecule has 0 radical (unpaired) electrons. The molecule has 0 spiro atoms. The molecule has 8 heteroatoms. The number of hydrogen-bond donors (Lipinski definition) is 3. The number of nitrogens with one attached hydrogen (secondary N) is 2. The zero-order valence-electron chi connectivity index (χ0n) is 19.4. The van der Waals surface area contributed by atoms with Gasteiger partial charge in [-0.2, -0.15) is 0 Å². The fourth-order valence-corrected chi connectivity index (χ4v) is 4.31. The van der Waals surface area contributed by atoms with E-state index >= 15 is 0 Å². The number of hydrogen-bond acceptors (Lipinski definition) is 5. The van der Waals surface area contributed by atoms with E-state index in [-0.39, 0.29) is 17.9 Å². The number of carbonyl (C=O) groups excluding carboxylic acids is 1. The molecule has 1 aromatic rings. The molecule has 2 aliphatic rings. The van der Waals surface area contributed by atoms with Crippen molar-refractivity contribution < 1.29 is 14.3 Å². The van der Waals surface area contributed by atoms with Crippen molar-refractivity contribution in [3.8, 4) is 0 Å². The number of carbonyl (C=O) groups is 1. The molecule has 4 N–H and O–H groups in total. The minimum atomic E-state index is -0.180. The second-order valence-electron chi connectivity index (χ2n) is 8.71. The maximum atomic E-state index is 11.5. The van der Waals surface area contributed by atoms with Crippen LogP contribution in [0.1, 0.15) is 43.2 Å². The summed E-state index contributed by atoms with van der Waals surface area (Å²) in [5.74, 6) is 0.584. The molecular formula is C24H39N5O3. The summed E-state index contributed by atoms with van der Waals surface area (Å²) in [6.07, 6.45) is 5.40. The van der Waals surface area contributed by atoms with Crippen LogP contribution in [-0.4, -0.2) is 69.4 Å². The fraction of sp³-hybridized carbons (Fsp3) is 0.667. The van der Waals surface area contributed by atoms with Crippen LogP contribution in [0.5, 0.6) is 0 Å². The first-order valence-corrected chi connectivity index (χ1v) is 11.9. The summed E-state index contributed by atoms with van der Waals surface area (Å²) in [4.78, 5) is 18.2. The summed E-state index contributed by atoms with van der Waals surface area (Å²) in [6, 6.07) is 8.56. The fourth-order valence-electron chi connectivity index (χ4n) is 4.31. The molecule has 1 amide bonds. The summed E-state index contributed by atoms with van der Waals surface area (Å²) in [5, 5.41) is 6.72. The third-order valence-electron chi connectivity index (χ3n) is 6.07. The lowest BCUT2D eigenvalue weighted by molar-refractivity contribution is -0.123. The lowest BCUT2D eigenvalue weighted by Gasteiger charge is -2.31. The zero-order valence-corrected chi connectivity index (χ0v) is 19.4. The predicted molar refractivity (Wildman–Crippen MR) is 126 cm³/mol. The Kier molecular flexibility index (Phi) is 10.3. The smallest absolute Gasteiger partial charge is 0.221 e. The van der Waals surface area contributed by atoms with Gasteiger partial charge in [0.25, 0.3) is 0 Å². The van der Waals surface area contributed by atoms with Crippen molar-refractivity contribution in [2.24, 2.45) is 16.6 Å². The zero-order chi connectivity index (χ0) is 22.6. The van der Waals surface area contributed by atoms with Gasteiger partial charge in [0.1, 0.15) is 0 Å². The van der Waals surface area contributed by atoms with Gasteiger partial charge in [0.2, 0.25) is 5.91 Å². The van der Waals surface area contributed by atoms with Gasteiger partial charge in [0.15, 0.2) is 5.96 Å². The number of guanidine groups is 1. The van der Waals surface area contributed by atoms with Gasteiger partial charge in [0.05, 0.1) is 18.6 Å². The minimum Gasteiger partial charge on any atom is -0.379 e. The quantitative estimate of drug-likeness (QED) is 0.272. The number of amides is 1. The molecule has 2 atom stereocenters. The molecule has 0 aliphatic carbocycles. The molecule has 2 aliphatic heterocycles. The summed E-state index contributed by atoms with van der Waals surface area (Å²) < 4.78 is 11.3. The molecule has 2 fully saturated rings. The number of primary amides is 1. The highest BCUT2D eigenvalue weighted by molar-refractivity contribution is 5.79. The Morgan fingerprint density at radius 2 is 2.16 bits per heavy atom. The maximum absolute atomic E-state index is 11.5. The normalized spacial score (nSPS) is 22.1. The number of piperidine rings is 1. The van der Waals surface area contributed by atoms with Crippen molar-refractivity contribution in [2.45, 2.75) is 51.3 Å². The number of nitrogens with zero attached hydrogens (tertiary/aromatic N) is 2. The number of rotatable bonds is 11. The van der Waals surface area contributed by atoms with Crippen LogP contribution >= 0.6 is 0 Å². The Bertz CT molecular complexity index is 736. The second-order valence-corrected chi connectivity index (χ2v) is 8.71. The van der Waals surface area contributed by atoms with E-state index in [0.29, 0.717) is 13.2 Å². The Balaban J connectivity index is 1.34. The van der Waals surface area contributed by atoms with Crippen molar-refractivity contribution in [3.63, 3.8) is 0 Å². The molecular weight excluding hydrogens is 406 g/mol. The highest BCUT2D eigenvalue weighted by atomic mass is 16.5. The van der Waals surface area contributed by atoms with Gasteiger partial charge < -0.3 is 25.8 Å². The molecule has 0 aromatic heterocycles. The highest BCUT2D eigenvalue weighted by Crippen LogP contribution is 2.18.